The Morgan fingerprint density at radius 1 is 0.964 bits per heavy atom. The van der Waals surface area contributed by atoms with Gasteiger partial charge in [-0.15, -0.1) is 0 Å². The Kier molecular flexibility index (Phi) is 31.2. The molecule has 2 fully saturated rings. The molecule has 1 aliphatic carbocycles. The fraction of sp³-hybridized carbons (Fsp3) is 1.00. The Hall–Kier alpha value is -0.160. The summed E-state index contributed by atoms with van der Waals surface area (Å²) in [6.45, 7) is 15.0. The first-order valence-electron chi connectivity index (χ1n) is 11.9. The molecule has 174 valence electrons. The van der Waals surface area contributed by atoms with E-state index in [1.807, 2.05) is 13.8 Å². The Morgan fingerprint density at radius 3 is 1.82 bits per heavy atom. The molecule has 4 nitrogen and oxygen atoms in total. The second-order valence-corrected chi connectivity index (χ2v) is 7.86. The highest BCUT2D eigenvalue weighted by molar-refractivity contribution is 4.68. The first-order valence-corrected chi connectivity index (χ1v) is 11.9. The molecule has 1 aliphatic heterocycles. The van der Waals surface area contributed by atoms with Crippen molar-refractivity contribution in [1.82, 2.24) is 4.90 Å². The minimum Gasteiger partial charge on any atom is -0.400 e. The molecular weight excluding hydrogens is 350 g/mol. The summed E-state index contributed by atoms with van der Waals surface area (Å²) < 4.78 is 5.38. The van der Waals surface area contributed by atoms with Gasteiger partial charge in [0.1, 0.15) is 0 Å². The second-order valence-electron chi connectivity index (χ2n) is 7.86. The average molecular weight is 406 g/mol. The lowest BCUT2D eigenvalue weighted by atomic mass is 9.98. The van der Waals surface area contributed by atoms with E-state index in [4.69, 9.17) is 14.9 Å². The van der Waals surface area contributed by atoms with E-state index in [2.05, 4.69) is 39.6 Å². The molecule has 1 saturated heterocycles. The van der Waals surface area contributed by atoms with Gasteiger partial charge in [-0.05, 0) is 52.1 Å². The predicted octanol–water partition coefficient (Wildman–Crippen LogP) is 5.90. The molecule has 2 N–H and O–H groups in total. The molecule has 2 rings (SSSR count). The van der Waals surface area contributed by atoms with Crippen LogP contribution in [0.15, 0.2) is 0 Å². The van der Waals surface area contributed by atoms with Gasteiger partial charge in [0.2, 0.25) is 0 Å². The van der Waals surface area contributed by atoms with Gasteiger partial charge in [0.15, 0.2) is 0 Å². The van der Waals surface area contributed by atoms with Crippen LogP contribution < -0.4 is 0 Å². The molecule has 0 radical (unpaired) electrons. The quantitative estimate of drug-likeness (QED) is 0.598. The third-order valence-corrected chi connectivity index (χ3v) is 5.00. The molecule has 28 heavy (non-hydrogen) atoms. The van der Waals surface area contributed by atoms with Gasteiger partial charge in [-0.25, -0.2) is 0 Å². The van der Waals surface area contributed by atoms with Crippen molar-refractivity contribution in [1.29, 1.82) is 0 Å². The molecule has 0 aromatic heterocycles. The van der Waals surface area contributed by atoms with Crippen molar-refractivity contribution >= 4 is 0 Å². The Labute approximate surface area is 178 Å². The van der Waals surface area contributed by atoms with Gasteiger partial charge < -0.3 is 19.8 Å². The first-order chi connectivity index (χ1) is 13.5. The lowest BCUT2D eigenvalue weighted by Crippen LogP contribution is -2.33. The topological polar surface area (TPSA) is 52.9 Å². The zero-order chi connectivity index (χ0) is 22.2. The fourth-order valence-electron chi connectivity index (χ4n) is 3.27. The summed E-state index contributed by atoms with van der Waals surface area (Å²) in [6.07, 6.45) is 13.7. The number of nitrogens with zero attached hydrogens (tertiary/aromatic N) is 1. The molecule has 1 heterocycles. The third kappa shape index (κ3) is 23.9. The Morgan fingerprint density at radius 2 is 1.50 bits per heavy atom. The standard InChI is InChI=1S/C8H16O2.C7H15N.C6H14.C2H6.CH4O/c9-6-7-10-8-4-2-1-3-5-8;1-7-5-3-4-6-8(7)2;1-4-5-6(2)3;2*1-2/h8-9H,1-7H2;7H,3-6H2,1-2H3;6H,4-5H2,1-3H3;1-2H3;2H,1H3. The van der Waals surface area contributed by atoms with E-state index in [1.165, 1.54) is 70.8 Å². The summed E-state index contributed by atoms with van der Waals surface area (Å²) in [4.78, 5) is 2.43. The fourth-order valence-corrected chi connectivity index (χ4v) is 3.27. The van der Waals surface area contributed by atoms with Crippen LogP contribution in [-0.4, -0.2) is 61.2 Å². The van der Waals surface area contributed by atoms with Crippen LogP contribution in [0, 0.1) is 5.92 Å². The van der Waals surface area contributed by atoms with Crippen molar-refractivity contribution in [2.45, 2.75) is 118 Å². The summed E-state index contributed by atoms with van der Waals surface area (Å²) >= 11 is 0. The molecule has 2 aliphatic rings. The van der Waals surface area contributed by atoms with E-state index in [-0.39, 0.29) is 6.61 Å². The number of piperidine rings is 1. The smallest absolute Gasteiger partial charge is 0.0701 e. The Balaban J connectivity index is -0.000000315. The van der Waals surface area contributed by atoms with E-state index in [0.717, 1.165) is 19.1 Å². The maximum atomic E-state index is 8.47. The normalized spacial score (nSPS) is 19.6. The summed E-state index contributed by atoms with van der Waals surface area (Å²) in [6, 6.07) is 0.837. The Bertz CT molecular complexity index is 246. The van der Waals surface area contributed by atoms with Crippen LogP contribution in [-0.2, 0) is 4.74 Å². The van der Waals surface area contributed by atoms with Crippen molar-refractivity contribution < 1.29 is 14.9 Å². The van der Waals surface area contributed by atoms with Crippen molar-refractivity contribution in [3.8, 4) is 0 Å². The largest absolute Gasteiger partial charge is 0.400 e. The van der Waals surface area contributed by atoms with Gasteiger partial charge in [-0.1, -0.05) is 73.1 Å². The molecule has 0 spiro atoms. The summed E-state index contributed by atoms with van der Waals surface area (Å²) in [5.74, 6) is 0.898. The van der Waals surface area contributed by atoms with E-state index in [0.29, 0.717) is 12.7 Å². The van der Waals surface area contributed by atoms with Crippen LogP contribution >= 0.6 is 0 Å². The van der Waals surface area contributed by atoms with Gasteiger partial charge in [-0.2, -0.15) is 0 Å². The number of hydrogen-bond donors (Lipinski definition) is 2. The number of aliphatic hydroxyl groups excluding tert-OH is 2. The first kappa shape index (κ1) is 32.5. The lowest BCUT2D eigenvalue weighted by Gasteiger charge is -2.29. The predicted molar refractivity (Wildman–Crippen MR) is 125 cm³/mol. The van der Waals surface area contributed by atoms with E-state index in [1.54, 1.807) is 0 Å². The highest BCUT2D eigenvalue weighted by Gasteiger charge is 2.13. The number of aliphatic hydroxyl groups is 2. The van der Waals surface area contributed by atoms with Gasteiger partial charge in [0.05, 0.1) is 19.3 Å². The van der Waals surface area contributed by atoms with Crippen LogP contribution in [0.1, 0.15) is 106 Å². The summed E-state index contributed by atoms with van der Waals surface area (Å²) in [7, 11) is 3.21. The monoisotopic (exact) mass is 405 g/mol. The second kappa shape index (κ2) is 26.8. The summed E-state index contributed by atoms with van der Waals surface area (Å²) in [5, 5.41) is 15.5. The van der Waals surface area contributed by atoms with Crippen LogP contribution in [0.5, 0.6) is 0 Å². The number of ether oxygens (including phenoxy) is 1. The number of hydrogen-bond acceptors (Lipinski definition) is 4. The van der Waals surface area contributed by atoms with Crippen molar-refractivity contribution in [2.75, 3.05) is 33.9 Å². The van der Waals surface area contributed by atoms with E-state index < -0.39 is 0 Å². The molecule has 0 amide bonds. The van der Waals surface area contributed by atoms with Crippen LogP contribution in [0.25, 0.3) is 0 Å². The van der Waals surface area contributed by atoms with E-state index >= 15 is 0 Å². The van der Waals surface area contributed by atoms with Crippen LogP contribution in [0.4, 0.5) is 0 Å². The zero-order valence-electron chi connectivity index (χ0n) is 20.7. The van der Waals surface area contributed by atoms with Crippen molar-refractivity contribution in [3.63, 3.8) is 0 Å². The summed E-state index contributed by atoms with van der Waals surface area (Å²) in [5.41, 5.74) is 0. The molecule has 1 atom stereocenters. The van der Waals surface area contributed by atoms with Gasteiger partial charge in [-0.3, -0.25) is 0 Å². The number of rotatable bonds is 5. The zero-order valence-corrected chi connectivity index (χ0v) is 20.7. The SMILES string of the molecule is CC.CC1CCCCN1C.CCCC(C)C.CO.OCCOC1CCCCC1. The van der Waals surface area contributed by atoms with Crippen LogP contribution in [0.3, 0.4) is 0 Å². The minimum absolute atomic E-state index is 0.163. The van der Waals surface area contributed by atoms with Gasteiger partial charge in [0.25, 0.3) is 0 Å². The van der Waals surface area contributed by atoms with Gasteiger partial charge in [0, 0.05) is 13.2 Å². The maximum Gasteiger partial charge on any atom is 0.0701 e. The molecule has 0 aromatic carbocycles. The van der Waals surface area contributed by atoms with Crippen molar-refractivity contribution in [3.05, 3.63) is 0 Å². The molecule has 1 saturated carbocycles. The van der Waals surface area contributed by atoms with Crippen LogP contribution in [0.2, 0.25) is 0 Å². The molecule has 4 heteroatoms. The lowest BCUT2D eigenvalue weighted by molar-refractivity contribution is 0.00882. The highest BCUT2D eigenvalue weighted by atomic mass is 16.5. The highest BCUT2D eigenvalue weighted by Crippen LogP contribution is 2.19. The molecule has 0 aromatic rings. The van der Waals surface area contributed by atoms with Crippen molar-refractivity contribution in [2.24, 2.45) is 5.92 Å². The third-order valence-electron chi connectivity index (χ3n) is 5.00. The average Bonchev–Trinajstić information content (AvgIpc) is 2.73. The number of likely N-dealkylation sites (tertiary alicyclic amines) is 1. The maximum absolute atomic E-state index is 8.47. The molecule has 1 unspecified atom stereocenters. The van der Waals surface area contributed by atoms with Gasteiger partial charge >= 0.3 is 0 Å². The van der Waals surface area contributed by atoms with E-state index in [9.17, 15) is 0 Å². The molecule has 0 bridgehead atoms. The molecular formula is C24H55NO3. The minimum atomic E-state index is 0.163.